The van der Waals surface area contributed by atoms with Crippen LogP contribution in [0.25, 0.3) is 0 Å². The van der Waals surface area contributed by atoms with E-state index in [4.69, 9.17) is 4.74 Å². The summed E-state index contributed by atoms with van der Waals surface area (Å²) < 4.78 is 5.47. The van der Waals surface area contributed by atoms with Crippen LogP contribution in [0.2, 0.25) is 0 Å². The first-order chi connectivity index (χ1) is 16.2. The summed E-state index contributed by atoms with van der Waals surface area (Å²) in [6.07, 6.45) is 1.77. The lowest BCUT2D eigenvalue weighted by atomic mass is 10.1. The number of amides is 1. The summed E-state index contributed by atoms with van der Waals surface area (Å²) in [5, 5.41) is 2.88. The molecule has 0 aliphatic carbocycles. The van der Waals surface area contributed by atoms with Crippen LogP contribution in [-0.2, 0) is 0 Å². The Morgan fingerprint density at radius 1 is 0.818 bits per heavy atom. The monoisotopic (exact) mass is 430 g/mol. The number of anilines is 1. The van der Waals surface area contributed by atoms with Crippen LogP contribution in [0, 0.1) is 11.8 Å². The minimum absolute atomic E-state index is 0.177. The molecule has 4 aromatic carbocycles. The van der Waals surface area contributed by atoms with Gasteiger partial charge in [0, 0.05) is 34.7 Å². The standard InChI is InChI=1S/C29H22N2O2/c1-33-28-20-26(31-29(32)25-10-6-3-7-11-25)18-19-27(28)30-21-24-16-14-23(15-17-24)13-12-22-8-4-2-5-9-22/h2-11,14-21H,1H3,(H,31,32). The molecule has 33 heavy (non-hydrogen) atoms. The van der Waals surface area contributed by atoms with Crippen molar-refractivity contribution in [3.05, 3.63) is 125 Å². The van der Waals surface area contributed by atoms with Crippen molar-refractivity contribution >= 4 is 23.5 Å². The largest absolute Gasteiger partial charge is 0.494 e. The summed E-state index contributed by atoms with van der Waals surface area (Å²) >= 11 is 0. The number of aliphatic imine (C=N–C) groups is 1. The van der Waals surface area contributed by atoms with E-state index in [0.29, 0.717) is 22.7 Å². The number of nitrogens with one attached hydrogen (secondary N) is 1. The highest BCUT2D eigenvalue weighted by Crippen LogP contribution is 2.30. The third-order valence-electron chi connectivity index (χ3n) is 4.86. The minimum atomic E-state index is -0.177. The molecule has 0 unspecified atom stereocenters. The molecule has 0 heterocycles. The predicted molar refractivity (Wildman–Crippen MR) is 134 cm³/mol. The highest BCUT2D eigenvalue weighted by molar-refractivity contribution is 6.04. The number of ether oxygens (including phenoxy) is 1. The second kappa shape index (κ2) is 10.6. The lowest BCUT2D eigenvalue weighted by Crippen LogP contribution is -2.11. The molecule has 160 valence electrons. The number of carbonyl (C=O) groups is 1. The van der Waals surface area contributed by atoms with Crippen LogP contribution in [-0.4, -0.2) is 19.2 Å². The molecule has 4 aromatic rings. The molecule has 0 saturated heterocycles. The molecule has 0 aliphatic heterocycles. The number of carbonyl (C=O) groups excluding carboxylic acids is 1. The molecule has 0 spiro atoms. The zero-order valence-electron chi connectivity index (χ0n) is 18.2. The second-order valence-electron chi connectivity index (χ2n) is 7.20. The van der Waals surface area contributed by atoms with Gasteiger partial charge >= 0.3 is 0 Å². The first-order valence-corrected chi connectivity index (χ1v) is 10.5. The van der Waals surface area contributed by atoms with Gasteiger partial charge in [0.15, 0.2) is 0 Å². The van der Waals surface area contributed by atoms with Crippen molar-refractivity contribution in [2.24, 2.45) is 4.99 Å². The molecule has 0 radical (unpaired) electrons. The van der Waals surface area contributed by atoms with Gasteiger partial charge in [-0.3, -0.25) is 9.79 Å². The Kier molecular flexibility index (Phi) is 6.95. The predicted octanol–water partition coefficient (Wildman–Crippen LogP) is 6.10. The van der Waals surface area contributed by atoms with Crippen LogP contribution in [0.1, 0.15) is 27.0 Å². The first kappa shape index (κ1) is 21.6. The molecule has 1 amide bonds. The molecule has 4 rings (SSSR count). The van der Waals surface area contributed by atoms with Gasteiger partial charge in [0.25, 0.3) is 5.91 Å². The average Bonchev–Trinajstić information content (AvgIpc) is 2.88. The van der Waals surface area contributed by atoms with Gasteiger partial charge in [-0.2, -0.15) is 0 Å². The molecular formula is C29H22N2O2. The van der Waals surface area contributed by atoms with Crippen molar-refractivity contribution in [1.29, 1.82) is 0 Å². The quantitative estimate of drug-likeness (QED) is 0.307. The van der Waals surface area contributed by atoms with Crippen molar-refractivity contribution < 1.29 is 9.53 Å². The van der Waals surface area contributed by atoms with Gasteiger partial charge in [0.05, 0.1) is 7.11 Å². The number of hydrogen-bond donors (Lipinski definition) is 1. The van der Waals surface area contributed by atoms with Crippen LogP contribution in [0.4, 0.5) is 11.4 Å². The van der Waals surface area contributed by atoms with E-state index >= 15 is 0 Å². The van der Waals surface area contributed by atoms with Gasteiger partial charge in [0.1, 0.15) is 11.4 Å². The fourth-order valence-electron chi connectivity index (χ4n) is 3.12. The topological polar surface area (TPSA) is 50.7 Å². The van der Waals surface area contributed by atoms with E-state index in [1.54, 1.807) is 37.6 Å². The highest BCUT2D eigenvalue weighted by Gasteiger charge is 2.08. The molecule has 0 atom stereocenters. The zero-order valence-corrected chi connectivity index (χ0v) is 18.2. The fraction of sp³-hybridized carbons (Fsp3) is 0.0345. The van der Waals surface area contributed by atoms with Gasteiger partial charge in [-0.1, -0.05) is 60.4 Å². The lowest BCUT2D eigenvalue weighted by molar-refractivity contribution is 0.102. The van der Waals surface area contributed by atoms with Gasteiger partial charge in [0.2, 0.25) is 0 Å². The van der Waals surface area contributed by atoms with E-state index in [9.17, 15) is 4.79 Å². The SMILES string of the molecule is COc1cc(NC(=O)c2ccccc2)ccc1N=Cc1ccc(C#Cc2ccccc2)cc1. The second-order valence-corrected chi connectivity index (χ2v) is 7.20. The van der Waals surface area contributed by atoms with Crippen molar-refractivity contribution in [2.75, 3.05) is 12.4 Å². The molecular weight excluding hydrogens is 408 g/mol. The molecule has 0 aliphatic rings. The summed E-state index contributed by atoms with van der Waals surface area (Å²) in [5.74, 6) is 6.71. The smallest absolute Gasteiger partial charge is 0.255 e. The van der Waals surface area contributed by atoms with E-state index in [1.807, 2.05) is 78.9 Å². The van der Waals surface area contributed by atoms with Gasteiger partial charge < -0.3 is 10.1 Å². The Bertz CT molecular complexity index is 1320. The molecule has 0 bridgehead atoms. The van der Waals surface area contributed by atoms with Crippen molar-refractivity contribution in [3.63, 3.8) is 0 Å². The number of nitrogens with zero attached hydrogens (tertiary/aromatic N) is 1. The van der Waals surface area contributed by atoms with E-state index in [-0.39, 0.29) is 5.91 Å². The maximum Gasteiger partial charge on any atom is 0.255 e. The molecule has 0 saturated carbocycles. The normalized spacial score (nSPS) is 10.3. The summed E-state index contributed by atoms with van der Waals surface area (Å²) in [5.41, 5.74) is 4.77. The highest BCUT2D eigenvalue weighted by atomic mass is 16.5. The first-order valence-electron chi connectivity index (χ1n) is 10.5. The van der Waals surface area contributed by atoms with E-state index in [1.165, 1.54) is 0 Å². The molecule has 1 N–H and O–H groups in total. The van der Waals surface area contributed by atoms with Gasteiger partial charge in [-0.25, -0.2) is 0 Å². The lowest BCUT2D eigenvalue weighted by Gasteiger charge is -2.09. The summed E-state index contributed by atoms with van der Waals surface area (Å²) in [6.45, 7) is 0. The third kappa shape index (κ3) is 5.96. The maximum atomic E-state index is 12.4. The average molecular weight is 431 g/mol. The summed E-state index contributed by atoms with van der Waals surface area (Å²) in [6, 6.07) is 32.2. The molecule has 0 aromatic heterocycles. The Labute approximate surface area is 193 Å². The van der Waals surface area contributed by atoms with Crippen LogP contribution in [0.5, 0.6) is 5.75 Å². The molecule has 0 fully saturated rings. The zero-order chi connectivity index (χ0) is 22.9. The Balaban J connectivity index is 1.44. The van der Waals surface area contributed by atoms with E-state index in [2.05, 4.69) is 22.2 Å². The number of methoxy groups -OCH3 is 1. The van der Waals surface area contributed by atoms with Crippen molar-refractivity contribution in [1.82, 2.24) is 0 Å². The summed E-state index contributed by atoms with van der Waals surface area (Å²) in [7, 11) is 1.58. The Morgan fingerprint density at radius 2 is 1.45 bits per heavy atom. The molecule has 4 heteroatoms. The molecule has 4 nitrogen and oxygen atoms in total. The Morgan fingerprint density at radius 3 is 2.12 bits per heavy atom. The van der Waals surface area contributed by atoms with E-state index < -0.39 is 0 Å². The van der Waals surface area contributed by atoms with Crippen LogP contribution < -0.4 is 10.1 Å². The number of rotatable bonds is 5. The van der Waals surface area contributed by atoms with Crippen LogP contribution in [0.3, 0.4) is 0 Å². The fourth-order valence-corrected chi connectivity index (χ4v) is 3.12. The summed E-state index contributed by atoms with van der Waals surface area (Å²) in [4.78, 5) is 16.9. The Hall–Kier alpha value is -4.62. The number of benzene rings is 4. The minimum Gasteiger partial charge on any atom is -0.494 e. The van der Waals surface area contributed by atoms with E-state index in [0.717, 1.165) is 16.7 Å². The van der Waals surface area contributed by atoms with Gasteiger partial charge in [-0.05, 0) is 54.1 Å². The van der Waals surface area contributed by atoms with Crippen LogP contribution in [0.15, 0.2) is 108 Å². The van der Waals surface area contributed by atoms with Crippen molar-refractivity contribution in [2.45, 2.75) is 0 Å². The van der Waals surface area contributed by atoms with Crippen molar-refractivity contribution in [3.8, 4) is 17.6 Å². The third-order valence-corrected chi connectivity index (χ3v) is 4.86. The maximum absolute atomic E-state index is 12.4. The van der Waals surface area contributed by atoms with Gasteiger partial charge in [-0.15, -0.1) is 0 Å². The van der Waals surface area contributed by atoms with Crippen LogP contribution >= 0.6 is 0 Å². The number of hydrogen-bond acceptors (Lipinski definition) is 3.